The Labute approximate surface area is 122 Å². The molecular weight excluding hydrogens is 254 g/mol. The normalized spacial score (nSPS) is 13.0. The summed E-state index contributed by atoms with van der Waals surface area (Å²) in [4.78, 5) is 8.53. The number of hydrogen-bond donors (Lipinski definition) is 1. The quantitative estimate of drug-likeness (QED) is 0.786. The lowest BCUT2D eigenvalue weighted by Crippen LogP contribution is -2.32. The van der Waals surface area contributed by atoms with Crippen molar-refractivity contribution in [3.63, 3.8) is 0 Å². The van der Waals surface area contributed by atoms with Gasteiger partial charge in [0.05, 0.1) is 5.69 Å². The maximum absolute atomic E-state index is 4.75. The predicted molar refractivity (Wildman–Crippen MR) is 86.2 cm³/mol. The lowest BCUT2D eigenvalue weighted by Gasteiger charge is -2.26. The van der Waals surface area contributed by atoms with Crippen LogP contribution in [0, 0.1) is 12.8 Å². The molecule has 1 aromatic rings. The molecule has 1 rings (SSSR count). The van der Waals surface area contributed by atoms with Crippen LogP contribution in [0.15, 0.2) is 0 Å². The van der Waals surface area contributed by atoms with Gasteiger partial charge >= 0.3 is 0 Å². The third kappa shape index (κ3) is 4.77. The summed E-state index contributed by atoms with van der Waals surface area (Å²) >= 11 is 1.84. The third-order valence-corrected chi connectivity index (χ3v) is 4.62. The average molecular weight is 283 g/mol. The van der Waals surface area contributed by atoms with Crippen molar-refractivity contribution in [2.45, 2.75) is 60.5 Å². The predicted octanol–water partition coefficient (Wildman–Crippen LogP) is 3.82. The van der Waals surface area contributed by atoms with Crippen LogP contribution in [-0.2, 0) is 6.54 Å². The standard InChI is InChI=1S/C15H29N3S/c1-7-12(5)18(8-2)15-17-13(6)14(19-15)10-16-9-11(3)4/h11-12,16H,7-10H2,1-6H3. The molecule has 4 heteroatoms. The number of hydrogen-bond acceptors (Lipinski definition) is 4. The fourth-order valence-electron chi connectivity index (χ4n) is 2.03. The van der Waals surface area contributed by atoms with Gasteiger partial charge in [0.1, 0.15) is 0 Å². The monoisotopic (exact) mass is 283 g/mol. The summed E-state index contributed by atoms with van der Waals surface area (Å²) in [6, 6.07) is 0.562. The number of nitrogens with zero attached hydrogens (tertiary/aromatic N) is 2. The Kier molecular flexibility index (Phi) is 6.80. The minimum Gasteiger partial charge on any atom is -0.346 e. The van der Waals surface area contributed by atoms with Crippen molar-refractivity contribution in [3.05, 3.63) is 10.6 Å². The van der Waals surface area contributed by atoms with Gasteiger partial charge in [0.25, 0.3) is 0 Å². The maximum Gasteiger partial charge on any atom is 0.186 e. The van der Waals surface area contributed by atoms with E-state index in [1.54, 1.807) is 0 Å². The molecule has 0 saturated heterocycles. The molecule has 0 aliphatic carbocycles. The summed E-state index contributed by atoms with van der Waals surface area (Å²) in [5.41, 5.74) is 1.18. The smallest absolute Gasteiger partial charge is 0.186 e. The molecule has 1 atom stereocenters. The molecular formula is C15H29N3S. The van der Waals surface area contributed by atoms with Crippen molar-refractivity contribution in [2.24, 2.45) is 5.92 Å². The number of anilines is 1. The van der Waals surface area contributed by atoms with E-state index < -0.39 is 0 Å². The number of thiazole rings is 1. The van der Waals surface area contributed by atoms with Gasteiger partial charge in [0, 0.05) is 24.0 Å². The van der Waals surface area contributed by atoms with Gasteiger partial charge in [-0.3, -0.25) is 0 Å². The molecule has 1 heterocycles. The summed E-state index contributed by atoms with van der Waals surface area (Å²) in [5, 5.41) is 4.68. The van der Waals surface area contributed by atoms with Gasteiger partial charge in [-0.15, -0.1) is 11.3 Å². The highest BCUT2D eigenvalue weighted by Gasteiger charge is 2.16. The van der Waals surface area contributed by atoms with E-state index in [9.17, 15) is 0 Å². The Balaban J connectivity index is 2.71. The Morgan fingerprint density at radius 2 is 1.95 bits per heavy atom. The molecule has 0 radical (unpaired) electrons. The number of rotatable bonds is 8. The first-order valence-corrected chi connectivity index (χ1v) is 8.24. The summed E-state index contributed by atoms with van der Waals surface area (Å²) in [6.07, 6.45) is 1.16. The molecule has 19 heavy (non-hydrogen) atoms. The van der Waals surface area contributed by atoms with Gasteiger partial charge in [-0.25, -0.2) is 4.98 Å². The topological polar surface area (TPSA) is 28.2 Å². The van der Waals surface area contributed by atoms with E-state index in [1.807, 2.05) is 11.3 Å². The highest BCUT2D eigenvalue weighted by molar-refractivity contribution is 7.15. The lowest BCUT2D eigenvalue weighted by atomic mass is 10.2. The van der Waals surface area contributed by atoms with E-state index >= 15 is 0 Å². The van der Waals surface area contributed by atoms with Crippen LogP contribution in [-0.4, -0.2) is 24.1 Å². The molecule has 0 amide bonds. The molecule has 1 unspecified atom stereocenters. The molecule has 110 valence electrons. The van der Waals surface area contributed by atoms with E-state index in [0.717, 1.165) is 26.1 Å². The molecule has 0 fully saturated rings. The van der Waals surface area contributed by atoms with Crippen molar-refractivity contribution >= 4 is 16.5 Å². The van der Waals surface area contributed by atoms with Gasteiger partial charge in [-0.1, -0.05) is 20.8 Å². The van der Waals surface area contributed by atoms with Crippen LogP contribution in [0.3, 0.4) is 0 Å². The second-order valence-electron chi connectivity index (χ2n) is 5.57. The van der Waals surface area contributed by atoms with E-state index in [1.165, 1.54) is 15.7 Å². The first-order chi connectivity index (χ1) is 8.99. The van der Waals surface area contributed by atoms with E-state index in [0.29, 0.717) is 12.0 Å². The van der Waals surface area contributed by atoms with E-state index in [-0.39, 0.29) is 0 Å². The highest BCUT2D eigenvalue weighted by Crippen LogP contribution is 2.27. The first kappa shape index (κ1) is 16.4. The molecule has 0 aromatic carbocycles. The zero-order valence-electron chi connectivity index (χ0n) is 13.3. The van der Waals surface area contributed by atoms with E-state index in [2.05, 4.69) is 51.8 Å². The maximum atomic E-state index is 4.75. The molecule has 3 nitrogen and oxygen atoms in total. The van der Waals surface area contributed by atoms with Crippen molar-refractivity contribution in [2.75, 3.05) is 18.0 Å². The van der Waals surface area contributed by atoms with Gasteiger partial charge < -0.3 is 10.2 Å². The number of aryl methyl sites for hydroxylation is 1. The molecule has 1 aromatic heterocycles. The first-order valence-electron chi connectivity index (χ1n) is 7.43. The van der Waals surface area contributed by atoms with Crippen LogP contribution in [0.5, 0.6) is 0 Å². The lowest BCUT2D eigenvalue weighted by molar-refractivity contribution is 0.554. The summed E-state index contributed by atoms with van der Waals surface area (Å²) in [7, 11) is 0. The van der Waals surface area contributed by atoms with Crippen LogP contribution < -0.4 is 10.2 Å². The van der Waals surface area contributed by atoms with Crippen LogP contribution >= 0.6 is 11.3 Å². The molecule has 0 aliphatic heterocycles. The average Bonchev–Trinajstić information content (AvgIpc) is 2.71. The molecule has 1 N–H and O–H groups in total. The second-order valence-corrected chi connectivity index (χ2v) is 6.64. The Bertz CT molecular complexity index is 373. The molecule has 0 saturated carbocycles. The third-order valence-electron chi connectivity index (χ3n) is 3.43. The zero-order chi connectivity index (χ0) is 14.4. The largest absolute Gasteiger partial charge is 0.346 e. The molecule has 0 spiro atoms. The van der Waals surface area contributed by atoms with Crippen molar-refractivity contribution < 1.29 is 0 Å². The fraction of sp³-hybridized carbons (Fsp3) is 0.800. The van der Waals surface area contributed by atoms with Crippen LogP contribution in [0.4, 0.5) is 5.13 Å². The van der Waals surface area contributed by atoms with Gasteiger partial charge in [0.2, 0.25) is 0 Å². The Morgan fingerprint density at radius 1 is 1.26 bits per heavy atom. The van der Waals surface area contributed by atoms with Crippen LogP contribution in [0.2, 0.25) is 0 Å². The zero-order valence-corrected chi connectivity index (χ0v) is 14.1. The molecule has 0 aliphatic rings. The number of aromatic nitrogens is 1. The Morgan fingerprint density at radius 3 is 2.47 bits per heavy atom. The van der Waals surface area contributed by atoms with Gasteiger partial charge in [0.15, 0.2) is 5.13 Å². The van der Waals surface area contributed by atoms with Crippen LogP contribution in [0.25, 0.3) is 0 Å². The van der Waals surface area contributed by atoms with Crippen LogP contribution in [0.1, 0.15) is 51.6 Å². The van der Waals surface area contributed by atoms with Crippen molar-refractivity contribution in [1.29, 1.82) is 0 Å². The van der Waals surface area contributed by atoms with Crippen molar-refractivity contribution in [1.82, 2.24) is 10.3 Å². The Hall–Kier alpha value is -0.610. The van der Waals surface area contributed by atoms with Gasteiger partial charge in [-0.2, -0.15) is 0 Å². The minimum atomic E-state index is 0.562. The summed E-state index contributed by atoms with van der Waals surface area (Å²) in [5.74, 6) is 0.694. The van der Waals surface area contributed by atoms with Gasteiger partial charge in [-0.05, 0) is 39.7 Å². The summed E-state index contributed by atoms with van der Waals surface area (Å²) in [6.45, 7) is 16.3. The van der Waals surface area contributed by atoms with E-state index in [4.69, 9.17) is 4.98 Å². The fourth-order valence-corrected chi connectivity index (χ4v) is 3.23. The van der Waals surface area contributed by atoms with Crippen molar-refractivity contribution in [3.8, 4) is 0 Å². The minimum absolute atomic E-state index is 0.562. The summed E-state index contributed by atoms with van der Waals surface area (Å²) < 4.78 is 0. The molecule has 0 bridgehead atoms. The SMILES string of the molecule is CCC(C)N(CC)c1nc(C)c(CNCC(C)C)s1. The second kappa shape index (κ2) is 7.85. The number of nitrogens with one attached hydrogen (secondary N) is 1. The highest BCUT2D eigenvalue weighted by atomic mass is 32.1.